The molecule has 0 saturated carbocycles. The van der Waals surface area contributed by atoms with Gasteiger partial charge in [-0.25, -0.2) is 0 Å². The molecule has 0 aromatic carbocycles. The van der Waals surface area contributed by atoms with Crippen LogP contribution in [-0.2, 0) is 23.9 Å². The van der Waals surface area contributed by atoms with E-state index in [1.807, 2.05) is 13.8 Å². The van der Waals surface area contributed by atoms with Crippen LogP contribution in [0, 0.1) is 23.7 Å². The SMILES string of the molecule is CCCC1C(=O)C2CCC3(C)CC(C)CC(O)C(O3)C(C)C(=O)CC1OC2=O. The lowest BCUT2D eigenvalue weighted by atomic mass is 9.76. The van der Waals surface area contributed by atoms with E-state index in [1.165, 1.54) is 0 Å². The number of carbonyl (C=O) groups is 3. The Hall–Kier alpha value is -1.27. The summed E-state index contributed by atoms with van der Waals surface area (Å²) in [7, 11) is 0. The molecule has 1 N–H and O–H groups in total. The van der Waals surface area contributed by atoms with Gasteiger partial charge in [-0.3, -0.25) is 14.4 Å². The first-order chi connectivity index (χ1) is 13.1. The lowest BCUT2D eigenvalue weighted by molar-refractivity contribution is -0.178. The minimum atomic E-state index is -0.776. The lowest BCUT2D eigenvalue weighted by Crippen LogP contribution is -2.50. The Balaban J connectivity index is 1.98. The highest BCUT2D eigenvalue weighted by Crippen LogP contribution is 2.40. The van der Waals surface area contributed by atoms with E-state index in [0.717, 1.165) is 12.8 Å². The standard InChI is InChI=1S/C22H34O6/c1-5-6-14-18-10-16(23)13(3)20-17(24)9-12(2)11-22(4,28-20)8-7-15(19(14)25)21(26)27-18/h12-15,17-18,20,24H,5-11H2,1-4H3. The number of Topliss-reactive ketones (excluding diaryl/α,β-unsaturated/α-hetero) is 2. The van der Waals surface area contributed by atoms with Crippen LogP contribution in [0.5, 0.6) is 0 Å². The Labute approximate surface area is 167 Å². The third kappa shape index (κ3) is 4.18. The number of ketones is 2. The molecule has 0 amide bonds. The van der Waals surface area contributed by atoms with Crippen molar-refractivity contribution in [2.24, 2.45) is 23.7 Å². The quantitative estimate of drug-likeness (QED) is 0.572. The Morgan fingerprint density at radius 3 is 2.61 bits per heavy atom. The van der Waals surface area contributed by atoms with Gasteiger partial charge in [-0.15, -0.1) is 0 Å². The average Bonchev–Trinajstić information content (AvgIpc) is 2.72. The maximum absolute atomic E-state index is 13.1. The molecule has 0 aliphatic carbocycles. The third-order valence-electron chi connectivity index (χ3n) is 6.90. The van der Waals surface area contributed by atoms with Gasteiger partial charge >= 0.3 is 5.97 Å². The van der Waals surface area contributed by atoms with Crippen LogP contribution in [0.1, 0.15) is 72.6 Å². The van der Waals surface area contributed by atoms with Gasteiger partial charge in [-0.1, -0.05) is 27.2 Å². The summed E-state index contributed by atoms with van der Waals surface area (Å²) in [6.07, 6.45) is 1.66. The van der Waals surface area contributed by atoms with Crippen LogP contribution in [-0.4, -0.2) is 46.6 Å². The van der Waals surface area contributed by atoms with Crippen molar-refractivity contribution in [1.82, 2.24) is 0 Å². The third-order valence-corrected chi connectivity index (χ3v) is 6.90. The number of fused-ring (bicyclic) bond motifs is 5. The van der Waals surface area contributed by atoms with E-state index in [2.05, 4.69) is 6.92 Å². The predicted molar refractivity (Wildman–Crippen MR) is 102 cm³/mol. The average molecular weight is 395 g/mol. The van der Waals surface area contributed by atoms with Crippen LogP contribution < -0.4 is 0 Å². The summed E-state index contributed by atoms with van der Waals surface area (Å²) in [5, 5.41) is 10.7. The first-order valence-corrected chi connectivity index (χ1v) is 10.8. The molecule has 0 radical (unpaired) electrons. The number of esters is 1. The second-order valence-corrected chi connectivity index (χ2v) is 9.47. The smallest absolute Gasteiger partial charge is 0.316 e. The number of aliphatic hydroxyl groups is 1. The first-order valence-electron chi connectivity index (χ1n) is 10.8. The summed E-state index contributed by atoms with van der Waals surface area (Å²) in [5.74, 6) is -2.18. The van der Waals surface area contributed by atoms with Crippen LogP contribution in [0.15, 0.2) is 0 Å². The van der Waals surface area contributed by atoms with Gasteiger partial charge in [0.05, 0.1) is 23.7 Å². The molecule has 4 aliphatic rings. The fourth-order valence-electron chi connectivity index (χ4n) is 5.39. The minimum absolute atomic E-state index is 0.00881. The monoisotopic (exact) mass is 394 g/mol. The summed E-state index contributed by atoms with van der Waals surface area (Å²) in [6.45, 7) is 7.82. The molecule has 8 unspecified atom stereocenters. The second kappa shape index (κ2) is 8.23. The Kier molecular flexibility index (Phi) is 6.30. The van der Waals surface area contributed by atoms with Gasteiger partial charge < -0.3 is 14.6 Å². The molecule has 0 aromatic heterocycles. The molecule has 4 saturated heterocycles. The molecule has 4 heterocycles. The number of rotatable bonds is 2. The predicted octanol–water partition coefficient (Wildman–Crippen LogP) is 2.84. The van der Waals surface area contributed by atoms with Gasteiger partial charge in [0.1, 0.15) is 17.8 Å². The fraction of sp³-hybridized carbons (Fsp3) is 0.864. The molecule has 0 aromatic rings. The molecule has 0 spiro atoms. The number of hydrogen-bond donors (Lipinski definition) is 1. The fourth-order valence-corrected chi connectivity index (χ4v) is 5.39. The molecular formula is C22H34O6. The van der Waals surface area contributed by atoms with Crippen LogP contribution >= 0.6 is 0 Å². The minimum Gasteiger partial charge on any atom is -0.461 e. The van der Waals surface area contributed by atoms with E-state index in [9.17, 15) is 19.5 Å². The number of aliphatic hydroxyl groups excluding tert-OH is 1. The number of ether oxygens (including phenoxy) is 2. The molecule has 6 nitrogen and oxygen atoms in total. The number of carbonyl (C=O) groups excluding carboxylic acids is 3. The van der Waals surface area contributed by atoms with Crippen LogP contribution in [0.25, 0.3) is 0 Å². The van der Waals surface area contributed by atoms with Crippen molar-refractivity contribution in [1.29, 1.82) is 0 Å². The molecule has 4 bridgehead atoms. The maximum atomic E-state index is 13.1. The molecular weight excluding hydrogens is 360 g/mol. The zero-order valence-corrected chi connectivity index (χ0v) is 17.5. The van der Waals surface area contributed by atoms with E-state index in [0.29, 0.717) is 25.7 Å². The van der Waals surface area contributed by atoms with Gasteiger partial charge in [-0.2, -0.15) is 0 Å². The topological polar surface area (TPSA) is 89.9 Å². The molecule has 6 heteroatoms. The van der Waals surface area contributed by atoms with Gasteiger partial charge in [-0.05, 0) is 44.9 Å². The molecule has 4 fully saturated rings. The zero-order valence-electron chi connectivity index (χ0n) is 17.5. The highest BCUT2D eigenvalue weighted by molar-refractivity contribution is 6.02. The van der Waals surface area contributed by atoms with E-state index >= 15 is 0 Å². The summed E-state index contributed by atoms with van der Waals surface area (Å²) >= 11 is 0. The summed E-state index contributed by atoms with van der Waals surface area (Å²) in [6, 6.07) is 0. The van der Waals surface area contributed by atoms with Crippen molar-refractivity contribution in [3.63, 3.8) is 0 Å². The van der Waals surface area contributed by atoms with Crippen molar-refractivity contribution in [2.45, 2.75) is 96.6 Å². The Morgan fingerprint density at radius 2 is 1.93 bits per heavy atom. The molecule has 28 heavy (non-hydrogen) atoms. The molecule has 4 rings (SSSR count). The first kappa shape index (κ1) is 21.4. The molecule has 4 aliphatic heterocycles. The van der Waals surface area contributed by atoms with Crippen molar-refractivity contribution in [3.8, 4) is 0 Å². The summed E-state index contributed by atoms with van der Waals surface area (Å²) in [5.41, 5.74) is -0.590. The van der Waals surface area contributed by atoms with Gasteiger partial charge in [0.15, 0.2) is 5.78 Å². The summed E-state index contributed by atoms with van der Waals surface area (Å²) in [4.78, 5) is 38.7. The second-order valence-electron chi connectivity index (χ2n) is 9.47. The van der Waals surface area contributed by atoms with Gasteiger partial charge in [0, 0.05) is 12.3 Å². The normalized spacial score (nSPS) is 45.0. The van der Waals surface area contributed by atoms with Gasteiger partial charge in [0.2, 0.25) is 0 Å². The highest BCUT2D eigenvalue weighted by atomic mass is 16.5. The Morgan fingerprint density at radius 1 is 1.21 bits per heavy atom. The van der Waals surface area contributed by atoms with Crippen LogP contribution in [0.3, 0.4) is 0 Å². The Bertz CT molecular complexity index is 631. The van der Waals surface area contributed by atoms with Crippen molar-refractivity contribution < 1.29 is 29.0 Å². The lowest BCUT2D eigenvalue weighted by Gasteiger charge is -2.40. The van der Waals surface area contributed by atoms with Crippen molar-refractivity contribution in [2.75, 3.05) is 0 Å². The summed E-state index contributed by atoms with van der Waals surface area (Å²) < 4.78 is 12.0. The van der Waals surface area contributed by atoms with Crippen LogP contribution in [0.2, 0.25) is 0 Å². The van der Waals surface area contributed by atoms with E-state index < -0.39 is 47.6 Å². The van der Waals surface area contributed by atoms with Crippen molar-refractivity contribution in [3.05, 3.63) is 0 Å². The van der Waals surface area contributed by atoms with Crippen LogP contribution in [0.4, 0.5) is 0 Å². The van der Waals surface area contributed by atoms with E-state index in [4.69, 9.17) is 9.47 Å². The van der Waals surface area contributed by atoms with E-state index in [-0.39, 0.29) is 23.9 Å². The maximum Gasteiger partial charge on any atom is 0.316 e. The highest BCUT2D eigenvalue weighted by Gasteiger charge is 2.49. The number of hydrogen-bond acceptors (Lipinski definition) is 6. The molecule has 158 valence electrons. The largest absolute Gasteiger partial charge is 0.461 e. The molecule has 8 atom stereocenters. The van der Waals surface area contributed by atoms with Crippen molar-refractivity contribution >= 4 is 17.5 Å². The van der Waals surface area contributed by atoms with E-state index in [1.54, 1.807) is 6.92 Å². The zero-order chi connectivity index (χ0) is 20.6. The van der Waals surface area contributed by atoms with Gasteiger partial charge in [0.25, 0.3) is 0 Å².